The van der Waals surface area contributed by atoms with Gasteiger partial charge in [-0.1, -0.05) is 11.6 Å². The van der Waals surface area contributed by atoms with Crippen molar-refractivity contribution >= 4 is 23.3 Å². The van der Waals surface area contributed by atoms with Crippen LogP contribution in [0, 0.1) is 10.1 Å². The molecule has 1 aromatic heterocycles. The standard InChI is InChI=1S/C7H3ClF2N2O4/c8-2-1-11-4(6(9)10)3(7(13)14)5(2)12(15)16/h1,6H,(H,13,14). The highest BCUT2D eigenvalue weighted by molar-refractivity contribution is 6.33. The first-order chi connectivity index (χ1) is 7.36. The van der Waals surface area contributed by atoms with Crippen LogP contribution in [0.4, 0.5) is 14.5 Å². The first kappa shape index (κ1) is 12.2. The van der Waals surface area contributed by atoms with Crippen LogP contribution in [-0.2, 0) is 0 Å². The molecule has 1 heterocycles. The number of hydrogen-bond donors (Lipinski definition) is 1. The summed E-state index contributed by atoms with van der Waals surface area (Å²) in [7, 11) is 0. The third kappa shape index (κ3) is 2.06. The van der Waals surface area contributed by atoms with Crippen molar-refractivity contribution in [3.8, 4) is 0 Å². The van der Waals surface area contributed by atoms with E-state index in [0.29, 0.717) is 6.20 Å². The van der Waals surface area contributed by atoms with E-state index in [1.165, 1.54) is 0 Å². The largest absolute Gasteiger partial charge is 0.477 e. The fraction of sp³-hybridized carbons (Fsp3) is 0.143. The number of carboxylic acids is 1. The average Bonchev–Trinajstić information content (AvgIpc) is 2.15. The molecule has 16 heavy (non-hydrogen) atoms. The van der Waals surface area contributed by atoms with E-state index >= 15 is 0 Å². The van der Waals surface area contributed by atoms with Crippen LogP contribution in [0.2, 0.25) is 5.02 Å². The predicted octanol–water partition coefficient (Wildman–Crippen LogP) is 2.28. The minimum Gasteiger partial charge on any atom is -0.477 e. The van der Waals surface area contributed by atoms with E-state index in [-0.39, 0.29) is 0 Å². The Hall–Kier alpha value is -1.83. The molecule has 0 atom stereocenters. The van der Waals surface area contributed by atoms with Crippen molar-refractivity contribution < 1.29 is 23.6 Å². The summed E-state index contributed by atoms with van der Waals surface area (Å²) in [6.07, 6.45) is -2.62. The van der Waals surface area contributed by atoms with E-state index in [2.05, 4.69) is 4.98 Å². The van der Waals surface area contributed by atoms with Crippen LogP contribution in [0.15, 0.2) is 6.20 Å². The topological polar surface area (TPSA) is 93.3 Å². The molecule has 0 saturated heterocycles. The normalized spacial score (nSPS) is 10.5. The van der Waals surface area contributed by atoms with Crippen molar-refractivity contribution in [2.24, 2.45) is 0 Å². The summed E-state index contributed by atoms with van der Waals surface area (Å²) in [5.74, 6) is -1.88. The number of alkyl halides is 2. The number of pyridine rings is 1. The second-order valence-electron chi connectivity index (χ2n) is 2.58. The Morgan fingerprint density at radius 2 is 2.19 bits per heavy atom. The Bertz CT molecular complexity index is 466. The Balaban J connectivity index is 3.63. The summed E-state index contributed by atoms with van der Waals surface area (Å²) in [6, 6.07) is 0. The van der Waals surface area contributed by atoms with E-state index in [9.17, 15) is 23.7 Å². The molecule has 0 bridgehead atoms. The molecule has 86 valence electrons. The molecule has 0 fully saturated rings. The SMILES string of the molecule is O=C(O)c1c(C(F)F)ncc(Cl)c1[N+](=O)[O-]. The van der Waals surface area contributed by atoms with E-state index in [1.54, 1.807) is 0 Å². The maximum atomic E-state index is 12.4. The van der Waals surface area contributed by atoms with Crippen molar-refractivity contribution in [1.29, 1.82) is 0 Å². The highest BCUT2D eigenvalue weighted by Crippen LogP contribution is 2.33. The highest BCUT2D eigenvalue weighted by Gasteiger charge is 2.32. The van der Waals surface area contributed by atoms with Crippen LogP contribution >= 0.6 is 11.6 Å². The van der Waals surface area contributed by atoms with Crippen molar-refractivity contribution in [1.82, 2.24) is 4.98 Å². The molecule has 0 amide bonds. The third-order valence-electron chi connectivity index (χ3n) is 1.64. The molecular formula is C7H3ClF2N2O4. The predicted molar refractivity (Wildman–Crippen MR) is 47.8 cm³/mol. The zero-order valence-corrected chi connectivity index (χ0v) is 8.11. The third-order valence-corrected chi connectivity index (χ3v) is 1.92. The number of halogens is 3. The quantitative estimate of drug-likeness (QED) is 0.658. The summed E-state index contributed by atoms with van der Waals surface area (Å²) < 4.78 is 24.7. The van der Waals surface area contributed by atoms with Crippen LogP contribution in [0.25, 0.3) is 0 Å². The van der Waals surface area contributed by atoms with Crippen LogP contribution in [0.1, 0.15) is 22.5 Å². The first-order valence-corrected chi connectivity index (χ1v) is 4.08. The van der Waals surface area contributed by atoms with Crippen molar-refractivity contribution in [2.45, 2.75) is 6.43 Å². The Morgan fingerprint density at radius 1 is 1.62 bits per heavy atom. The van der Waals surface area contributed by atoms with Gasteiger partial charge in [0, 0.05) is 0 Å². The number of nitro groups is 1. The van der Waals surface area contributed by atoms with Crippen LogP contribution < -0.4 is 0 Å². The van der Waals surface area contributed by atoms with Gasteiger partial charge in [-0.05, 0) is 0 Å². The van der Waals surface area contributed by atoms with Crippen LogP contribution in [0.3, 0.4) is 0 Å². The van der Waals surface area contributed by atoms with E-state index in [4.69, 9.17) is 16.7 Å². The molecule has 0 spiro atoms. The smallest absolute Gasteiger partial charge is 0.344 e. The van der Waals surface area contributed by atoms with Crippen molar-refractivity contribution in [3.05, 3.63) is 32.6 Å². The lowest BCUT2D eigenvalue weighted by Crippen LogP contribution is -2.10. The van der Waals surface area contributed by atoms with Gasteiger partial charge >= 0.3 is 11.7 Å². The lowest BCUT2D eigenvalue weighted by Gasteiger charge is -2.05. The number of carboxylic acid groups (broad SMARTS) is 1. The molecule has 0 saturated carbocycles. The molecule has 1 rings (SSSR count). The number of aromatic nitrogens is 1. The molecule has 0 aliphatic carbocycles. The number of rotatable bonds is 3. The second kappa shape index (κ2) is 4.35. The van der Waals surface area contributed by atoms with Crippen molar-refractivity contribution in [2.75, 3.05) is 0 Å². The Kier molecular flexibility index (Phi) is 3.33. The molecular weight excluding hydrogens is 250 g/mol. The Morgan fingerprint density at radius 3 is 2.56 bits per heavy atom. The number of hydrogen-bond acceptors (Lipinski definition) is 4. The zero-order valence-electron chi connectivity index (χ0n) is 7.35. The molecule has 9 heteroatoms. The lowest BCUT2D eigenvalue weighted by molar-refractivity contribution is -0.385. The molecule has 1 aromatic rings. The monoisotopic (exact) mass is 252 g/mol. The van der Waals surface area contributed by atoms with Gasteiger partial charge in [0.05, 0.1) is 11.1 Å². The van der Waals surface area contributed by atoms with Gasteiger partial charge in [-0.3, -0.25) is 15.1 Å². The maximum absolute atomic E-state index is 12.4. The molecule has 6 nitrogen and oxygen atoms in total. The summed E-state index contributed by atoms with van der Waals surface area (Å²) in [5.41, 5.74) is -3.45. The fourth-order valence-electron chi connectivity index (χ4n) is 1.05. The molecule has 1 N–H and O–H groups in total. The number of nitrogens with zero attached hydrogens (tertiary/aromatic N) is 2. The summed E-state index contributed by atoms with van der Waals surface area (Å²) in [5, 5.41) is 18.5. The average molecular weight is 253 g/mol. The molecule has 0 aliphatic heterocycles. The number of carbonyl (C=O) groups is 1. The molecule has 0 unspecified atom stereocenters. The van der Waals surface area contributed by atoms with Gasteiger partial charge in [-0.2, -0.15) is 0 Å². The minimum absolute atomic E-state index is 0.605. The first-order valence-electron chi connectivity index (χ1n) is 3.70. The van der Waals surface area contributed by atoms with Gasteiger partial charge in [0.25, 0.3) is 6.43 Å². The minimum atomic E-state index is -3.23. The van der Waals surface area contributed by atoms with Crippen LogP contribution in [0.5, 0.6) is 0 Å². The fourth-order valence-corrected chi connectivity index (χ4v) is 1.26. The molecule has 0 radical (unpaired) electrons. The van der Waals surface area contributed by atoms with Gasteiger partial charge in [0.1, 0.15) is 10.7 Å². The van der Waals surface area contributed by atoms with E-state index < -0.39 is 39.3 Å². The maximum Gasteiger partial charge on any atom is 0.344 e. The van der Waals surface area contributed by atoms with Gasteiger partial charge in [-0.25, -0.2) is 13.6 Å². The lowest BCUT2D eigenvalue weighted by atomic mass is 10.1. The van der Waals surface area contributed by atoms with E-state index in [1.807, 2.05) is 0 Å². The molecule has 0 aromatic carbocycles. The Labute approximate surface area is 91.6 Å². The van der Waals surface area contributed by atoms with Crippen LogP contribution in [-0.4, -0.2) is 21.0 Å². The highest BCUT2D eigenvalue weighted by atomic mass is 35.5. The summed E-state index contributed by atoms with van der Waals surface area (Å²) in [4.78, 5) is 23.1. The second-order valence-corrected chi connectivity index (χ2v) is 2.99. The summed E-state index contributed by atoms with van der Waals surface area (Å²) in [6.45, 7) is 0. The van der Waals surface area contributed by atoms with Crippen molar-refractivity contribution in [3.63, 3.8) is 0 Å². The van der Waals surface area contributed by atoms with Gasteiger partial charge < -0.3 is 5.11 Å². The number of aromatic carboxylic acids is 1. The summed E-state index contributed by atoms with van der Waals surface area (Å²) >= 11 is 5.33. The van der Waals surface area contributed by atoms with Gasteiger partial charge in [0.15, 0.2) is 5.56 Å². The molecule has 0 aliphatic rings. The zero-order chi connectivity index (χ0) is 12.5. The van der Waals surface area contributed by atoms with Gasteiger partial charge in [0.2, 0.25) is 0 Å². The van der Waals surface area contributed by atoms with Gasteiger partial charge in [-0.15, -0.1) is 0 Å². The van der Waals surface area contributed by atoms with E-state index in [0.717, 1.165) is 0 Å².